The lowest BCUT2D eigenvalue weighted by Crippen LogP contribution is -2.31. The van der Waals surface area contributed by atoms with Crippen molar-refractivity contribution in [3.63, 3.8) is 0 Å². The highest BCUT2D eigenvalue weighted by molar-refractivity contribution is 9.10. The van der Waals surface area contributed by atoms with E-state index in [0.717, 1.165) is 41.2 Å². The second-order valence-corrected chi connectivity index (χ2v) is 5.86. The van der Waals surface area contributed by atoms with Gasteiger partial charge in [-0.1, -0.05) is 12.1 Å². The molecule has 0 saturated heterocycles. The molecular weight excluding hydrogens is 316 g/mol. The van der Waals surface area contributed by atoms with Gasteiger partial charge in [-0.15, -0.1) is 0 Å². The summed E-state index contributed by atoms with van der Waals surface area (Å²) in [5.74, 6) is 2.04. The van der Waals surface area contributed by atoms with Gasteiger partial charge in [0.1, 0.15) is 11.6 Å². The Bertz CT molecular complexity index is 642. The van der Waals surface area contributed by atoms with Crippen LogP contribution in [0.1, 0.15) is 16.8 Å². The lowest BCUT2D eigenvalue weighted by Gasteiger charge is -2.30. The Balaban J connectivity index is 1.90. The van der Waals surface area contributed by atoms with Gasteiger partial charge in [0.2, 0.25) is 0 Å². The van der Waals surface area contributed by atoms with E-state index in [0.29, 0.717) is 0 Å². The van der Waals surface area contributed by atoms with Gasteiger partial charge in [0.25, 0.3) is 0 Å². The number of aryl methyl sites for hydroxylation is 1. The molecule has 1 aliphatic rings. The van der Waals surface area contributed by atoms with Gasteiger partial charge in [0, 0.05) is 23.1 Å². The summed E-state index contributed by atoms with van der Waals surface area (Å²) in [6.07, 6.45) is 0.996. The molecule has 4 heteroatoms. The van der Waals surface area contributed by atoms with Crippen LogP contribution in [-0.2, 0) is 13.0 Å². The Hall–Kier alpha value is -1.55. The number of methoxy groups -OCH3 is 1. The number of fused-ring (bicyclic) bond motifs is 1. The van der Waals surface area contributed by atoms with Crippen molar-refractivity contribution >= 4 is 21.7 Å². The first-order chi connectivity index (χ1) is 9.69. The average molecular weight is 333 g/mol. The highest BCUT2D eigenvalue weighted by Gasteiger charge is 2.20. The summed E-state index contributed by atoms with van der Waals surface area (Å²) < 4.78 is 6.50. The zero-order valence-corrected chi connectivity index (χ0v) is 13.3. The van der Waals surface area contributed by atoms with Crippen LogP contribution in [0.15, 0.2) is 34.8 Å². The first kappa shape index (κ1) is 13.4. The molecule has 104 valence electrons. The van der Waals surface area contributed by atoms with Crippen molar-refractivity contribution in [2.45, 2.75) is 19.9 Å². The summed E-state index contributed by atoms with van der Waals surface area (Å²) >= 11 is 3.50. The van der Waals surface area contributed by atoms with Gasteiger partial charge in [0.05, 0.1) is 12.8 Å². The fourth-order valence-electron chi connectivity index (χ4n) is 2.67. The molecule has 0 atom stereocenters. The highest BCUT2D eigenvalue weighted by atomic mass is 79.9. The zero-order valence-electron chi connectivity index (χ0n) is 11.7. The quantitative estimate of drug-likeness (QED) is 0.837. The van der Waals surface area contributed by atoms with E-state index in [1.807, 2.05) is 13.0 Å². The minimum atomic E-state index is 0.889. The molecular formula is C16H17BrN2O. The number of rotatable bonds is 2. The van der Waals surface area contributed by atoms with Crippen LogP contribution in [0.2, 0.25) is 0 Å². The van der Waals surface area contributed by atoms with E-state index < -0.39 is 0 Å². The molecule has 0 N–H and O–H groups in total. The number of anilines is 1. The molecule has 2 heterocycles. The summed E-state index contributed by atoms with van der Waals surface area (Å²) in [6, 6.07) is 10.4. The minimum Gasteiger partial charge on any atom is -0.496 e. The second kappa shape index (κ2) is 5.44. The van der Waals surface area contributed by atoms with Crippen LogP contribution >= 0.6 is 15.9 Å². The van der Waals surface area contributed by atoms with Crippen LogP contribution in [0.5, 0.6) is 5.75 Å². The first-order valence-electron chi connectivity index (χ1n) is 6.72. The maximum Gasteiger partial charge on any atom is 0.129 e. The zero-order chi connectivity index (χ0) is 14.1. The number of aromatic nitrogens is 1. The summed E-state index contributed by atoms with van der Waals surface area (Å²) in [4.78, 5) is 6.98. The molecule has 2 aromatic rings. The van der Waals surface area contributed by atoms with Crippen molar-refractivity contribution in [3.8, 4) is 5.75 Å². The summed E-state index contributed by atoms with van der Waals surface area (Å²) in [5.41, 5.74) is 3.69. The van der Waals surface area contributed by atoms with E-state index >= 15 is 0 Å². The summed E-state index contributed by atoms with van der Waals surface area (Å²) in [7, 11) is 1.74. The second-order valence-electron chi connectivity index (χ2n) is 5.01. The van der Waals surface area contributed by atoms with Crippen LogP contribution in [0, 0.1) is 6.92 Å². The number of pyridine rings is 1. The van der Waals surface area contributed by atoms with Crippen molar-refractivity contribution in [1.82, 2.24) is 4.98 Å². The van der Waals surface area contributed by atoms with E-state index in [4.69, 9.17) is 4.74 Å². The predicted octanol–water partition coefficient (Wildman–Crippen LogP) is 3.72. The average Bonchev–Trinajstić information content (AvgIpc) is 2.48. The van der Waals surface area contributed by atoms with Crippen LogP contribution in [-0.4, -0.2) is 18.6 Å². The van der Waals surface area contributed by atoms with Gasteiger partial charge in [0.15, 0.2) is 0 Å². The number of halogens is 1. The Morgan fingerprint density at radius 2 is 2.10 bits per heavy atom. The monoisotopic (exact) mass is 332 g/mol. The van der Waals surface area contributed by atoms with Crippen molar-refractivity contribution in [1.29, 1.82) is 0 Å². The molecule has 20 heavy (non-hydrogen) atoms. The van der Waals surface area contributed by atoms with Crippen molar-refractivity contribution in [2.24, 2.45) is 0 Å². The molecule has 1 aliphatic heterocycles. The van der Waals surface area contributed by atoms with E-state index in [9.17, 15) is 0 Å². The van der Waals surface area contributed by atoms with Crippen molar-refractivity contribution < 1.29 is 4.74 Å². The highest BCUT2D eigenvalue weighted by Crippen LogP contribution is 2.30. The van der Waals surface area contributed by atoms with Gasteiger partial charge in [-0.05, 0) is 53.0 Å². The number of benzene rings is 1. The summed E-state index contributed by atoms with van der Waals surface area (Å²) in [6.45, 7) is 3.89. The molecule has 0 amide bonds. The third-order valence-corrected chi connectivity index (χ3v) is 4.61. The van der Waals surface area contributed by atoms with Gasteiger partial charge in [-0.2, -0.15) is 0 Å². The molecule has 1 aromatic heterocycles. The maximum atomic E-state index is 5.45. The molecule has 0 bridgehead atoms. The number of ether oxygens (including phenoxy) is 1. The normalized spacial score (nSPS) is 14.1. The Kier molecular flexibility index (Phi) is 3.66. The molecule has 0 fully saturated rings. The SMILES string of the molecule is COc1cccc2c1CCN(c1ccc(Br)c(C)n1)C2. The Morgan fingerprint density at radius 1 is 1.25 bits per heavy atom. The molecule has 3 rings (SSSR count). The third kappa shape index (κ3) is 2.40. The predicted molar refractivity (Wildman–Crippen MR) is 84.4 cm³/mol. The maximum absolute atomic E-state index is 5.45. The number of hydrogen-bond donors (Lipinski definition) is 0. The topological polar surface area (TPSA) is 25.4 Å². The van der Waals surface area contributed by atoms with Gasteiger partial charge in [-0.3, -0.25) is 0 Å². The van der Waals surface area contributed by atoms with Crippen LogP contribution in [0.3, 0.4) is 0 Å². The van der Waals surface area contributed by atoms with E-state index in [1.165, 1.54) is 11.1 Å². The van der Waals surface area contributed by atoms with E-state index in [-0.39, 0.29) is 0 Å². The van der Waals surface area contributed by atoms with Crippen LogP contribution in [0.25, 0.3) is 0 Å². The van der Waals surface area contributed by atoms with Gasteiger partial charge < -0.3 is 9.64 Å². The molecule has 0 spiro atoms. The lowest BCUT2D eigenvalue weighted by atomic mass is 9.98. The molecule has 0 saturated carbocycles. The molecule has 1 aromatic carbocycles. The lowest BCUT2D eigenvalue weighted by molar-refractivity contribution is 0.407. The van der Waals surface area contributed by atoms with Gasteiger partial charge >= 0.3 is 0 Å². The number of hydrogen-bond acceptors (Lipinski definition) is 3. The number of nitrogens with zero attached hydrogens (tertiary/aromatic N) is 2. The van der Waals surface area contributed by atoms with Crippen molar-refractivity contribution in [2.75, 3.05) is 18.6 Å². The third-order valence-electron chi connectivity index (χ3n) is 3.77. The van der Waals surface area contributed by atoms with E-state index in [2.05, 4.69) is 50.1 Å². The fourth-order valence-corrected chi connectivity index (χ4v) is 2.89. The van der Waals surface area contributed by atoms with Gasteiger partial charge in [-0.25, -0.2) is 4.98 Å². The molecule has 0 unspecified atom stereocenters. The molecule has 0 aliphatic carbocycles. The largest absolute Gasteiger partial charge is 0.496 e. The van der Waals surface area contributed by atoms with Crippen LogP contribution in [0.4, 0.5) is 5.82 Å². The molecule has 3 nitrogen and oxygen atoms in total. The smallest absolute Gasteiger partial charge is 0.129 e. The Labute approximate surface area is 127 Å². The van der Waals surface area contributed by atoms with Crippen LogP contribution < -0.4 is 9.64 Å². The first-order valence-corrected chi connectivity index (χ1v) is 7.51. The standard InChI is InChI=1S/C16H17BrN2O/c1-11-14(17)6-7-16(18-11)19-9-8-13-12(10-19)4-3-5-15(13)20-2/h3-7H,8-10H2,1-2H3. The summed E-state index contributed by atoms with van der Waals surface area (Å²) in [5, 5.41) is 0. The van der Waals surface area contributed by atoms with Crippen molar-refractivity contribution in [3.05, 3.63) is 51.6 Å². The Morgan fingerprint density at radius 3 is 2.85 bits per heavy atom. The molecule has 0 radical (unpaired) electrons. The fraction of sp³-hybridized carbons (Fsp3) is 0.312. The minimum absolute atomic E-state index is 0.889. The van der Waals surface area contributed by atoms with E-state index in [1.54, 1.807) is 7.11 Å².